The molecule has 0 radical (unpaired) electrons. The van der Waals surface area contributed by atoms with Gasteiger partial charge in [-0.25, -0.2) is 0 Å². The third-order valence-electron chi connectivity index (χ3n) is 4.42. The number of hydrogen-bond donors (Lipinski definition) is 0. The molecule has 0 saturated carbocycles. The van der Waals surface area contributed by atoms with Crippen molar-refractivity contribution in [3.8, 4) is 0 Å². The van der Waals surface area contributed by atoms with E-state index in [0.29, 0.717) is 16.5 Å². The molecular formula is C19H14BrNO3. The van der Waals surface area contributed by atoms with Crippen LogP contribution in [-0.2, 0) is 0 Å². The van der Waals surface area contributed by atoms with Crippen LogP contribution >= 0.6 is 15.9 Å². The van der Waals surface area contributed by atoms with E-state index in [2.05, 4.69) is 15.9 Å². The molecule has 2 heterocycles. The van der Waals surface area contributed by atoms with Crippen LogP contribution in [0.5, 0.6) is 0 Å². The zero-order chi connectivity index (χ0) is 17.0. The normalized spacial score (nSPS) is 16.7. The summed E-state index contributed by atoms with van der Waals surface area (Å²) >= 11 is 3.45. The molecule has 1 aliphatic rings. The Labute approximate surface area is 146 Å². The van der Waals surface area contributed by atoms with Gasteiger partial charge >= 0.3 is 0 Å². The van der Waals surface area contributed by atoms with E-state index in [1.807, 2.05) is 43.3 Å². The number of benzene rings is 2. The molecule has 120 valence electrons. The molecule has 3 aromatic rings. The summed E-state index contributed by atoms with van der Waals surface area (Å²) < 4.78 is 6.70. The minimum Gasteiger partial charge on any atom is -0.450 e. The standard InChI is InChI=1S/C19H14BrNO3/c1-10-6-7-14-13(8-10)17(22)15-16(11-4-3-5-12(20)9-11)21(2)19(23)18(15)24-14/h3-9,16H,1-2H3. The molecule has 0 aliphatic carbocycles. The first-order valence-electron chi connectivity index (χ1n) is 7.57. The molecule has 24 heavy (non-hydrogen) atoms. The average molecular weight is 384 g/mol. The van der Waals surface area contributed by atoms with Gasteiger partial charge in [0.1, 0.15) is 5.58 Å². The van der Waals surface area contributed by atoms with E-state index in [1.165, 1.54) is 0 Å². The summed E-state index contributed by atoms with van der Waals surface area (Å²) in [5.41, 5.74) is 2.57. The van der Waals surface area contributed by atoms with E-state index in [1.54, 1.807) is 18.0 Å². The molecule has 0 fully saturated rings. The summed E-state index contributed by atoms with van der Waals surface area (Å²) in [7, 11) is 1.69. The monoisotopic (exact) mass is 383 g/mol. The molecule has 0 spiro atoms. The van der Waals surface area contributed by atoms with Gasteiger partial charge in [0.05, 0.1) is 17.0 Å². The molecule has 1 aromatic heterocycles. The molecule has 2 aromatic carbocycles. The third-order valence-corrected chi connectivity index (χ3v) is 4.91. The lowest BCUT2D eigenvalue weighted by Gasteiger charge is -2.20. The SMILES string of the molecule is Cc1ccc2oc3c(c(=O)c2c1)C(c1cccc(Br)c1)N(C)C3=O. The highest BCUT2D eigenvalue weighted by molar-refractivity contribution is 9.10. The fourth-order valence-corrected chi connectivity index (χ4v) is 3.69. The van der Waals surface area contributed by atoms with Crippen molar-refractivity contribution in [2.45, 2.75) is 13.0 Å². The van der Waals surface area contributed by atoms with Gasteiger partial charge in [0.25, 0.3) is 5.91 Å². The van der Waals surface area contributed by atoms with Crippen molar-refractivity contribution in [2.75, 3.05) is 7.05 Å². The van der Waals surface area contributed by atoms with Crippen molar-refractivity contribution in [2.24, 2.45) is 0 Å². The Hall–Kier alpha value is -2.40. The van der Waals surface area contributed by atoms with Gasteiger partial charge in [0, 0.05) is 11.5 Å². The van der Waals surface area contributed by atoms with Crippen LogP contribution in [0.25, 0.3) is 11.0 Å². The summed E-state index contributed by atoms with van der Waals surface area (Å²) in [4.78, 5) is 27.2. The number of carbonyl (C=O) groups is 1. The van der Waals surface area contributed by atoms with Crippen LogP contribution in [-0.4, -0.2) is 17.9 Å². The quantitative estimate of drug-likeness (QED) is 0.637. The van der Waals surface area contributed by atoms with Crippen molar-refractivity contribution in [3.05, 3.63) is 79.6 Å². The second-order valence-corrected chi connectivity index (χ2v) is 6.96. The lowest BCUT2D eigenvalue weighted by Crippen LogP contribution is -2.25. The number of fused-ring (bicyclic) bond motifs is 2. The molecule has 0 saturated heterocycles. The lowest BCUT2D eigenvalue weighted by atomic mass is 9.98. The van der Waals surface area contributed by atoms with Crippen LogP contribution < -0.4 is 5.43 Å². The Morgan fingerprint density at radius 3 is 2.67 bits per heavy atom. The van der Waals surface area contributed by atoms with Gasteiger partial charge in [-0.2, -0.15) is 0 Å². The van der Waals surface area contributed by atoms with E-state index in [9.17, 15) is 9.59 Å². The van der Waals surface area contributed by atoms with Gasteiger partial charge in [0.15, 0.2) is 5.43 Å². The topological polar surface area (TPSA) is 50.5 Å². The Balaban J connectivity index is 2.05. The predicted octanol–water partition coefficient (Wildman–Crippen LogP) is 4.04. The van der Waals surface area contributed by atoms with Gasteiger partial charge in [-0.15, -0.1) is 0 Å². The molecular weight excluding hydrogens is 370 g/mol. The van der Waals surface area contributed by atoms with Crippen molar-refractivity contribution in [1.82, 2.24) is 4.90 Å². The van der Waals surface area contributed by atoms with Gasteiger partial charge in [0.2, 0.25) is 5.76 Å². The third kappa shape index (κ3) is 2.12. The average Bonchev–Trinajstić information content (AvgIpc) is 2.81. The smallest absolute Gasteiger partial charge is 0.290 e. The highest BCUT2D eigenvalue weighted by Crippen LogP contribution is 2.37. The van der Waals surface area contributed by atoms with Crippen molar-refractivity contribution in [3.63, 3.8) is 0 Å². The maximum atomic E-state index is 13.1. The molecule has 4 nitrogen and oxygen atoms in total. The van der Waals surface area contributed by atoms with Crippen LogP contribution in [0.4, 0.5) is 0 Å². The van der Waals surface area contributed by atoms with E-state index >= 15 is 0 Å². The molecule has 1 unspecified atom stereocenters. The van der Waals surface area contributed by atoms with E-state index in [4.69, 9.17) is 4.42 Å². The highest BCUT2D eigenvalue weighted by atomic mass is 79.9. The Bertz CT molecular complexity index is 1050. The number of carbonyl (C=O) groups excluding carboxylic acids is 1. The van der Waals surface area contributed by atoms with E-state index in [-0.39, 0.29) is 17.1 Å². The van der Waals surface area contributed by atoms with Crippen molar-refractivity contribution < 1.29 is 9.21 Å². The number of halogens is 1. The maximum absolute atomic E-state index is 13.1. The van der Waals surface area contributed by atoms with Gasteiger partial charge in [-0.3, -0.25) is 9.59 Å². The summed E-state index contributed by atoms with van der Waals surface area (Å²) in [5, 5.41) is 0.511. The van der Waals surface area contributed by atoms with E-state index < -0.39 is 6.04 Å². The zero-order valence-electron chi connectivity index (χ0n) is 13.2. The van der Waals surface area contributed by atoms with E-state index in [0.717, 1.165) is 15.6 Å². The fourth-order valence-electron chi connectivity index (χ4n) is 3.27. The minimum absolute atomic E-state index is 0.141. The summed E-state index contributed by atoms with van der Waals surface area (Å²) in [6, 6.07) is 12.6. The Morgan fingerprint density at radius 2 is 1.92 bits per heavy atom. The fraction of sp³-hybridized carbons (Fsp3) is 0.158. The van der Waals surface area contributed by atoms with Crippen molar-refractivity contribution >= 4 is 32.8 Å². The summed E-state index contributed by atoms with van der Waals surface area (Å²) in [6.45, 7) is 1.93. The van der Waals surface area contributed by atoms with Crippen LogP contribution in [0.15, 0.2) is 56.1 Å². The van der Waals surface area contributed by atoms with Gasteiger partial charge in [-0.05, 0) is 36.8 Å². The van der Waals surface area contributed by atoms with Crippen LogP contribution in [0, 0.1) is 6.92 Å². The first-order valence-corrected chi connectivity index (χ1v) is 8.36. The van der Waals surface area contributed by atoms with Crippen LogP contribution in [0.1, 0.15) is 33.3 Å². The Kier molecular flexibility index (Phi) is 3.35. The number of hydrogen-bond acceptors (Lipinski definition) is 3. The molecule has 0 bridgehead atoms. The minimum atomic E-state index is -0.439. The summed E-state index contributed by atoms with van der Waals surface area (Å²) in [5.74, 6) is -0.127. The number of amides is 1. The molecule has 5 heteroatoms. The van der Waals surface area contributed by atoms with Crippen molar-refractivity contribution in [1.29, 1.82) is 0 Å². The number of rotatable bonds is 1. The molecule has 4 rings (SSSR count). The zero-order valence-corrected chi connectivity index (χ0v) is 14.8. The maximum Gasteiger partial charge on any atom is 0.290 e. The highest BCUT2D eigenvalue weighted by Gasteiger charge is 2.40. The molecule has 1 atom stereocenters. The molecule has 1 amide bonds. The lowest BCUT2D eigenvalue weighted by molar-refractivity contribution is 0.0771. The number of nitrogens with zero attached hydrogens (tertiary/aromatic N) is 1. The van der Waals surface area contributed by atoms with Gasteiger partial charge < -0.3 is 9.32 Å². The first kappa shape index (κ1) is 15.1. The van der Waals surface area contributed by atoms with Gasteiger partial charge in [-0.1, -0.05) is 39.7 Å². The van der Waals surface area contributed by atoms with Crippen LogP contribution in [0.3, 0.4) is 0 Å². The predicted molar refractivity (Wildman–Crippen MR) is 95.3 cm³/mol. The summed E-state index contributed by atoms with van der Waals surface area (Å²) in [6.07, 6.45) is 0. The number of aryl methyl sites for hydroxylation is 1. The second-order valence-electron chi connectivity index (χ2n) is 6.05. The second kappa shape index (κ2) is 5.31. The largest absolute Gasteiger partial charge is 0.450 e. The molecule has 1 aliphatic heterocycles. The Morgan fingerprint density at radius 1 is 1.12 bits per heavy atom. The molecule has 0 N–H and O–H groups in total. The first-order chi connectivity index (χ1) is 11.5. The van der Waals surface area contributed by atoms with Crippen LogP contribution in [0.2, 0.25) is 0 Å².